The van der Waals surface area contributed by atoms with Gasteiger partial charge in [-0.3, -0.25) is 0 Å². The molecule has 102 valence electrons. The van der Waals surface area contributed by atoms with Gasteiger partial charge in [0.2, 0.25) is 5.95 Å². The molecule has 0 radical (unpaired) electrons. The van der Waals surface area contributed by atoms with Crippen molar-refractivity contribution in [2.24, 2.45) is 0 Å². The highest BCUT2D eigenvalue weighted by atomic mass is 16.5. The molecule has 0 fully saturated rings. The SMILES string of the molecule is CCOc1nc(NC)nc(OCCCN(C)C)n1. The first-order chi connectivity index (χ1) is 8.65. The Bertz CT molecular complexity index is 359. The zero-order valence-corrected chi connectivity index (χ0v) is 11.4. The molecule has 1 N–H and O–H groups in total. The van der Waals surface area contributed by atoms with Crippen molar-refractivity contribution in [1.29, 1.82) is 0 Å². The summed E-state index contributed by atoms with van der Waals surface area (Å²) in [6.45, 7) is 3.91. The van der Waals surface area contributed by atoms with Crippen LogP contribution in [0, 0.1) is 0 Å². The molecule has 0 aromatic carbocycles. The summed E-state index contributed by atoms with van der Waals surface area (Å²) in [5, 5.41) is 2.84. The van der Waals surface area contributed by atoms with Crippen LogP contribution in [0.2, 0.25) is 0 Å². The molecule has 0 unspecified atom stereocenters. The van der Waals surface area contributed by atoms with Crippen LogP contribution in [0.25, 0.3) is 0 Å². The van der Waals surface area contributed by atoms with Gasteiger partial charge in [-0.05, 0) is 27.4 Å². The normalized spacial score (nSPS) is 10.5. The minimum Gasteiger partial charge on any atom is -0.464 e. The van der Waals surface area contributed by atoms with Gasteiger partial charge in [0.05, 0.1) is 13.2 Å². The molecule has 0 atom stereocenters. The van der Waals surface area contributed by atoms with Gasteiger partial charge in [0, 0.05) is 13.6 Å². The molecular formula is C11H21N5O2. The zero-order chi connectivity index (χ0) is 13.4. The van der Waals surface area contributed by atoms with Crippen molar-refractivity contribution in [2.75, 3.05) is 46.2 Å². The van der Waals surface area contributed by atoms with Gasteiger partial charge in [-0.1, -0.05) is 0 Å². The maximum absolute atomic E-state index is 5.48. The molecule has 0 aliphatic carbocycles. The monoisotopic (exact) mass is 255 g/mol. The first-order valence-corrected chi connectivity index (χ1v) is 6.00. The highest BCUT2D eigenvalue weighted by Crippen LogP contribution is 2.12. The number of nitrogens with one attached hydrogen (secondary N) is 1. The highest BCUT2D eigenvalue weighted by molar-refractivity contribution is 5.26. The van der Waals surface area contributed by atoms with Crippen molar-refractivity contribution in [2.45, 2.75) is 13.3 Å². The lowest BCUT2D eigenvalue weighted by atomic mass is 10.4. The minimum atomic E-state index is 0.277. The van der Waals surface area contributed by atoms with Crippen LogP contribution in [-0.2, 0) is 0 Å². The second-order valence-electron chi connectivity index (χ2n) is 3.91. The average molecular weight is 255 g/mol. The van der Waals surface area contributed by atoms with Crippen LogP contribution in [0.4, 0.5) is 5.95 Å². The second-order valence-corrected chi connectivity index (χ2v) is 3.91. The van der Waals surface area contributed by atoms with Crippen molar-refractivity contribution in [3.8, 4) is 12.0 Å². The molecule has 0 amide bonds. The molecule has 0 spiro atoms. The van der Waals surface area contributed by atoms with Gasteiger partial charge in [-0.25, -0.2) is 0 Å². The summed E-state index contributed by atoms with van der Waals surface area (Å²) in [5.41, 5.74) is 0. The van der Waals surface area contributed by atoms with Crippen LogP contribution in [-0.4, -0.2) is 60.8 Å². The second kappa shape index (κ2) is 7.65. The lowest BCUT2D eigenvalue weighted by Crippen LogP contribution is -2.16. The fourth-order valence-electron chi connectivity index (χ4n) is 1.25. The van der Waals surface area contributed by atoms with E-state index in [2.05, 4.69) is 25.2 Å². The molecule has 18 heavy (non-hydrogen) atoms. The van der Waals surface area contributed by atoms with E-state index < -0.39 is 0 Å². The zero-order valence-electron chi connectivity index (χ0n) is 11.4. The molecule has 7 heteroatoms. The molecule has 0 aliphatic heterocycles. The van der Waals surface area contributed by atoms with E-state index in [4.69, 9.17) is 9.47 Å². The van der Waals surface area contributed by atoms with E-state index in [0.717, 1.165) is 13.0 Å². The molecule has 1 heterocycles. The first kappa shape index (κ1) is 14.4. The average Bonchev–Trinajstić information content (AvgIpc) is 2.34. The largest absolute Gasteiger partial charge is 0.464 e. The summed E-state index contributed by atoms with van der Waals surface area (Å²) in [6, 6.07) is 0.566. The van der Waals surface area contributed by atoms with Gasteiger partial charge in [-0.15, -0.1) is 4.98 Å². The first-order valence-electron chi connectivity index (χ1n) is 6.00. The fourth-order valence-corrected chi connectivity index (χ4v) is 1.25. The van der Waals surface area contributed by atoms with Crippen LogP contribution >= 0.6 is 0 Å². The Morgan fingerprint density at radius 2 is 1.78 bits per heavy atom. The van der Waals surface area contributed by atoms with Crippen molar-refractivity contribution < 1.29 is 9.47 Å². The Morgan fingerprint density at radius 1 is 1.11 bits per heavy atom. The number of hydrogen-bond donors (Lipinski definition) is 1. The molecule has 0 saturated carbocycles. The highest BCUT2D eigenvalue weighted by Gasteiger charge is 2.07. The van der Waals surface area contributed by atoms with Crippen LogP contribution < -0.4 is 14.8 Å². The minimum absolute atomic E-state index is 0.277. The quantitative estimate of drug-likeness (QED) is 0.683. The fraction of sp³-hybridized carbons (Fsp3) is 0.727. The number of anilines is 1. The van der Waals surface area contributed by atoms with Crippen LogP contribution in [0.5, 0.6) is 12.0 Å². The maximum atomic E-state index is 5.48. The number of ether oxygens (including phenoxy) is 2. The van der Waals surface area contributed by atoms with Gasteiger partial charge in [0.15, 0.2) is 0 Å². The third-order valence-corrected chi connectivity index (χ3v) is 2.07. The van der Waals surface area contributed by atoms with E-state index in [9.17, 15) is 0 Å². The van der Waals surface area contributed by atoms with E-state index in [1.54, 1.807) is 7.05 Å². The van der Waals surface area contributed by atoms with E-state index in [-0.39, 0.29) is 12.0 Å². The van der Waals surface area contributed by atoms with Gasteiger partial charge in [0.25, 0.3) is 0 Å². The van der Waals surface area contributed by atoms with Gasteiger partial charge in [0.1, 0.15) is 0 Å². The smallest absolute Gasteiger partial charge is 0.324 e. The third-order valence-electron chi connectivity index (χ3n) is 2.07. The molecule has 7 nitrogen and oxygen atoms in total. The molecule has 1 rings (SSSR count). The predicted molar refractivity (Wildman–Crippen MR) is 69.2 cm³/mol. The summed E-state index contributed by atoms with van der Waals surface area (Å²) in [4.78, 5) is 14.3. The summed E-state index contributed by atoms with van der Waals surface area (Å²) < 4.78 is 10.7. The summed E-state index contributed by atoms with van der Waals surface area (Å²) in [6.07, 6.45) is 0.914. The standard InChI is InChI=1S/C11H21N5O2/c1-5-17-10-13-9(12-2)14-11(15-10)18-8-6-7-16(3)4/h5-8H2,1-4H3,(H,12,13,14,15). The lowest BCUT2D eigenvalue weighted by Gasteiger charge is -2.10. The Balaban J connectivity index is 2.55. The summed E-state index contributed by atoms with van der Waals surface area (Å²) >= 11 is 0. The molecule has 0 bridgehead atoms. The summed E-state index contributed by atoms with van der Waals surface area (Å²) in [5.74, 6) is 0.441. The van der Waals surface area contributed by atoms with Gasteiger partial charge < -0.3 is 19.7 Å². The van der Waals surface area contributed by atoms with Crippen LogP contribution in [0.15, 0.2) is 0 Å². The van der Waals surface area contributed by atoms with Gasteiger partial charge in [-0.2, -0.15) is 9.97 Å². The number of rotatable bonds is 8. The van der Waals surface area contributed by atoms with E-state index in [0.29, 0.717) is 19.2 Å². The van der Waals surface area contributed by atoms with Gasteiger partial charge >= 0.3 is 12.0 Å². The molecule has 0 aliphatic rings. The van der Waals surface area contributed by atoms with Crippen molar-refractivity contribution in [3.05, 3.63) is 0 Å². The molecule has 0 saturated heterocycles. The Kier molecular flexibility index (Phi) is 6.13. The number of hydrogen-bond acceptors (Lipinski definition) is 7. The summed E-state index contributed by atoms with van der Waals surface area (Å²) in [7, 11) is 5.78. The Hall–Kier alpha value is -1.63. The molecule has 1 aromatic heterocycles. The van der Waals surface area contributed by atoms with Crippen molar-refractivity contribution >= 4 is 5.95 Å². The van der Waals surface area contributed by atoms with Crippen molar-refractivity contribution in [3.63, 3.8) is 0 Å². The molecular weight excluding hydrogens is 234 g/mol. The maximum Gasteiger partial charge on any atom is 0.324 e. The van der Waals surface area contributed by atoms with Crippen LogP contribution in [0.3, 0.4) is 0 Å². The number of aromatic nitrogens is 3. The molecule has 1 aromatic rings. The Labute approximate surface area is 108 Å². The third kappa shape index (κ3) is 5.13. The van der Waals surface area contributed by atoms with Crippen molar-refractivity contribution in [1.82, 2.24) is 19.9 Å². The van der Waals surface area contributed by atoms with E-state index in [1.165, 1.54) is 0 Å². The topological polar surface area (TPSA) is 72.4 Å². The number of nitrogens with zero attached hydrogens (tertiary/aromatic N) is 4. The Morgan fingerprint density at radius 3 is 2.33 bits per heavy atom. The van der Waals surface area contributed by atoms with E-state index >= 15 is 0 Å². The van der Waals surface area contributed by atoms with Crippen LogP contribution in [0.1, 0.15) is 13.3 Å². The van der Waals surface area contributed by atoms with E-state index in [1.807, 2.05) is 21.0 Å². The predicted octanol–water partition coefficient (Wildman–Crippen LogP) is 0.642. The lowest BCUT2D eigenvalue weighted by molar-refractivity contribution is 0.252.